The normalized spacial score (nSPS) is 15.8. The van der Waals surface area contributed by atoms with Crippen LogP contribution in [-0.2, 0) is 4.79 Å². The third-order valence-electron chi connectivity index (χ3n) is 3.49. The van der Waals surface area contributed by atoms with Crippen molar-refractivity contribution in [3.63, 3.8) is 0 Å². The zero-order valence-corrected chi connectivity index (χ0v) is 11.4. The van der Waals surface area contributed by atoms with Crippen molar-refractivity contribution in [2.75, 3.05) is 31.1 Å². The third kappa shape index (κ3) is 2.84. The molecule has 2 rings (SSSR count). The molecule has 0 aliphatic carbocycles. The molecule has 1 aromatic rings. The molecule has 0 N–H and O–H groups in total. The lowest BCUT2D eigenvalue weighted by Gasteiger charge is -2.23. The quantitative estimate of drug-likeness (QED) is 0.762. The first-order chi connectivity index (χ1) is 9.13. The SMILES string of the molecule is CC(=O)N1CCCN(c2nccc(C)c2C#N)CC1. The van der Waals surface area contributed by atoms with E-state index in [9.17, 15) is 10.1 Å². The molecule has 1 saturated heterocycles. The lowest BCUT2D eigenvalue weighted by Crippen LogP contribution is -2.34. The van der Waals surface area contributed by atoms with Crippen LogP contribution in [0.2, 0.25) is 0 Å². The largest absolute Gasteiger partial charge is 0.354 e. The van der Waals surface area contributed by atoms with Crippen molar-refractivity contribution in [3.8, 4) is 6.07 Å². The zero-order valence-electron chi connectivity index (χ0n) is 11.4. The summed E-state index contributed by atoms with van der Waals surface area (Å²) < 4.78 is 0. The van der Waals surface area contributed by atoms with Crippen molar-refractivity contribution in [1.82, 2.24) is 9.88 Å². The smallest absolute Gasteiger partial charge is 0.219 e. The molecular formula is C14H18N4O. The number of carbonyl (C=O) groups is 1. The number of rotatable bonds is 1. The Hall–Kier alpha value is -2.09. The predicted octanol–water partition coefficient (Wildman–Crippen LogP) is 1.32. The summed E-state index contributed by atoms with van der Waals surface area (Å²) in [4.78, 5) is 19.7. The molecule has 0 spiro atoms. The average molecular weight is 258 g/mol. The van der Waals surface area contributed by atoms with Crippen molar-refractivity contribution in [3.05, 3.63) is 23.4 Å². The fourth-order valence-electron chi connectivity index (χ4n) is 2.37. The fourth-order valence-corrected chi connectivity index (χ4v) is 2.37. The van der Waals surface area contributed by atoms with Gasteiger partial charge < -0.3 is 9.80 Å². The number of nitrogens with zero attached hydrogens (tertiary/aromatic N) is 4. The highest BCUT2D eigenvalue weighted by Crippen LogP contribution is 2.21. The first-order valence-corrected chi connectivity index (χ1v) is 6.49. The first kappa shape index (κ1) is 13.3. The molecule has 5 heteroatoms. The maximum Gasteiger partial charge on any atom is 0.219 e. The van der Waals surface area contributed by atoms with Crippen molar-refractivity contribution >= 4 is 11.7 Å². The van der Waals surface area contributed by atoms with Gasteiger partial charge in [0.25, 0.3) is 0 Å². The van der Waals surface area contributed by atoms with Crippen LogP contribution < -0.4 is 4.90 Å². The second-order valence-electron chi connectivity index (χ2n) is 4.78. The molecule has 0 aromatic carbocycles. The van der Waals surface area contributed by atoms with E-state index < -0.39 is 0 Å². The molecule has 0 atom stereocenters. The van der Waals surface area contributed by atoms with Gasteiger partial charge in [-0.05, 0) is 25.0 Å². The first-order valence-electron chi connectivity index (χ1n) is 6.49. The Balaban J connectivity index is 2.22. The van der Waals surface area contributed by atoms with E-state index in [0.29, 0.717) is 12.1 Å². The Bertz CT molecular complexity index is 521. The van der Waals surface area contributed by atoms with E-state index in [4.69, 9.17) is 0 Å². The van der Waals surface area contributed by atoms with Crippen molar-refractivity contribution < 1.29 is 4.79 Å². The molecule has 2 heterocycles. The van der Waals surface area contributed by atoms with E-state index in [-0.39, 0.29) is 5.91 Å². The molecule has 5 nitrogen and oxygen atoms in total. The molecule has 0 radical (unpaired) electrons. The van der Waals surface area contributed by atoms with Gasteiger partial charge in [-0.15, -0.1) is 0 Å². The lowest BCUT2D eigenvalue weighted by molar-refractivity contribution is -0.128. The molecule has 0 unspecified atom stereocenters. The molecule has 0 saturated carbocycles. The maximum atomic E-state index is 11.4. The summed E-state index contributed by atoms with van der Waals surface area (Å²) in [7, 11) is 0. The molecule has 19 heavy (non-hydrogen) atoms. The Labute approximate surface area is 113 Å². The molecule has 1 aromatic heterocycles. The van der Waals surface area contributed by atoms with Gasteiger partial charge in [0, 0.05) is 39.3 Å². The summed E-state index contributed by atoms with van der Waals surface area (Å²) in [5.74, 6) is 0.854. The van der Waals surface area contributed by atoms with E-state index in [1.54, 1.807) is 13.1 Å². The minimum absolute atomic E-state index is 0.111. The summed E-state index contributed by atoms with van der Waals surface area (Å²) >= 11 is 0. The topological polar surface area (TPSA) is 60.2 Å². The minimum atomic E-state index is 0.111. The van der Waals surface area contributed by atoms with E-state index >= 15 is 0 Å². The Kier molecular flexibility index (Phi) is 4.00. The van der Waals surface area contributed by atoms with Gasteiger partial charge in [-0.25, -0.2) is 4.98 Å². The highest BCUT2D eigenvalue weighted by Gasteiger charge is 2.20. The number of aromatic nitrogens is 1. The highest BCUT2D eigenvalue weighted by molar-refractivity contribution is 5.73. The monoisotopic (exact) mass is 258 g/mol. The van der Waals surface area contributed by atoms with Crippen LogP contribution in [0.25, 0.3) is 0 Å². The van der Waals surface area contributed by atoms with E-state index in [1.165, 1.54) is 0 Å². The average Bonchev–Trinajstić information content (AvgIpc) is 2.64. The van der Waals surface area contributed by atoms with Gasteiger partial charge in [0.1, 0.15) is 11.9 Å². The number of anilines is 1. The van der Waals surface area contributed by atoms with Crippen LogP contribution in [0.5, 0.6) is 0 Å². The standard InChI is InChI=1S/C14H18N4O/c1-11-4-5-16-14(13(11)10-15)18-7-3-6-17(8-9-18)12(2)19/h4-5H,3,6-9H2,1-2H3. The van der Waals surface area contributed by atoms with Crippen LogP contribution in [0.1, 0.15) is 24.5 Å². The van der Waals surface area contributed by atoms with Crippen molar-refractivity contribution in [1.29, 1.82) is 5.26 Å². The zero-order chi connectivity index (χ0) is 13.8. The van der Waals surface area contributed by atoms with Gasteiger partial charge in [0.2, 0.25) is 5.91 Å². The van der Waals surface area contributed by atoms with Gasteiger partial charge >= 0.3 is 0 Å². The number of hydrogen-bond donors (Lipinski definition) is 0. The van der Waals surface area contributed by atoms with E-state index in [2.05, 4.69) is 16.0 Å². The summed E-state index contributed by atoms with van der Waals surface area (Å²) in [5, 5.41) is 9.26. The van der Waals surface area contributed by atoms with Crippen LogP contribution in [0, 0.1) is 18.3 Å². The number of amides is 1. The lowest BCUT2D eigenvalue weighted by atomic mass is 10.1. The van der Waals surface area contributed by atoms with Crippen LogP contribution in [0.3, 0.4) is 0 Å². The Morgan fingerprint density at radius 3 is 2.84 bits per heavy atom. The summed E-state index contributed by atoms with van der Waals surface area (Å²) in [6, 6.07) is 4.08. The molecule has 1 aliphatic rings. The van der Waals surface area contributed by atoms with Crippen LogP contribution in [0.4, 0.5) is 5.82 Å². The highest BCUT2D eigenvalue weighted by atomic mass is 16.2. The number of nitriles is 1. The predicted molar refractivity (Wildman–Crippen MR) is 72.8 cm³/mol. The number of hydrogen-bond acceptors (Lipinski definition) is 4. The number of pyridine rings is 1. The molecule has 0 bridgehead atoms. The van der Waals surface area contributed by atoms with Crippen LogP contribution in [-0.4, -0.2) is 42.0 Å². The summed E-state index contributed by atoms with van der Waals surface area (Å²) in [6.07, 6.45) is 2.64. The fraction of sp³-hybridized carbons (Fsp3) is 0.500. The van der Waals surface area contributed by atoms with Gasteiger partial charge in [0.15, 0.2) is 0 Å². The molecule has 1 amide bonds. The maximum absolute atomic E-state index is 11.4. The molecular weight excluding hydrogens is 240 g/mol. The second kappa shape index (κ2) is 5.70. The van der Waals surface area contributed by atoms with Crippen molar-refractivity contribution in [2.45, 2.75) is 20.3 Å². The second-order valence-corrected chi connectivity index (χ2v) is 4.78. The van der Waals surface area contributed by atoms with Gasteiger partial charge in [-0.2, -0.15) is 5.26 Å². The van der Waals surface area contributed by atoms with E-state index in [1.807, 2.05) is 17.9 Å². The third-order valence-corrected chi connectivity index (χ3v) is 3.49. The van der Waals surface area contributed by atoms with Crippen molar-refractivity contribution in [2.24, 2.45) is 0 Å². The Morgan fingerprint density at radius 2 is 2.16 bits per heavy atom. The summed E-state index contributed by atoms with van der Waals surface area (Å²) in [5.41, 5.74) is 1.58. The van der Waals surface area contributed by atoms with Gasteiger partial charge in [0.05, 0.1) is 5.56 Å². The number of carbonyl (C=O) groups excluding carboxylic acids is 1. The van der Waals surface area contributed by atoms with Crippen LogP contribution in [0.15, 0.2) is 12.3 Å². The molecule has 100 valence electrons. The van der Waals surface area contributed by atoms with Gasteiger partial charge in [-0.1, -0.05) is 0 Å². The number of aryl methyl sites for hydroxylation is 1. The molecule has 1 aliphatic heterocycles. The van der Waals surface area contributed by atoms with Gasteiger partial charge in [-0.3, -0.25) is 4.79 Å². The minimum Gasteiger partial charge on any atom is -0.354 e. The molecule has 1 fully saturated rings. The van der Waals surface area contributed by atoms with Crippen LogP contribution >= 0.6 is 0 Å². The van der Waals surface area contributed by atoms with E-state index in [0.717, 1.165) is 37.4 Å². The Morgan fingerprint density at radius 1 is 1.37 bits per heavy atom. The summed E-state index contributed by atoms with van der Waals surface area (Å²) in [6.45, 7) is 6.54.